The van der Waals surface area contributed by atoms with E-state index < -0.39 is 33.5 Å². The lowest BCUT2D eigenvalue weighted by Crippen LogP contribution is -2.44. The first-order valence-corrected chi connectivity index (χ1v) is 10.7. The zero-order valence-electron chi connectivity index (χ0n) is 14.9. The van der Waals surface area contributed by atoms with Gasteiger partial charge >= 0.3 is 0 Å². The Hall–Kier alpha value is -2.03. The Morgan fingerprint density at radius 3 is 2.64 bits per heavy atom. The van der Waals surface area contributed by atoms with Crippen LogP contribution in [0.15, 0.2) is 42.5 Å². The average Bonchev–Trinajstić information content (AvgIpc) is 2.66. The van der Waals surface area contributed by atoms with E-state index in [1.54, 1.807) is 24.3 Å². The third-order valence-corrected chi connectivity index (χ3v) is 6.79. The number of carbonyl (C=O) groups is 1. The van der Waals surface area contributed by atoms with E-state index >= 15 is 0 Å². The predicted molar refractivity (Wildman–Crippen MR) is 103 cm³/mol. The molecule has 5 nitrogen and oxygen atoms in total. The number of benzene rings is 2. The fourth-order valence-electron chi connectivity index (χ4n) is 3.13. The van der Waals surface area contributed by atoms with E-state index in [-0.39, 0.29) is 18.0 Å². The molecule has 0 spiro atoms. The zero-order chi connectivity index (χ0) is 20.3. The minimum Gasteiger partial charge on any atom is -0.326 e. The van der Waals surface area contributed by atoms with Crippen LogP contribution in [0.3, 0.4) is 0 Å². The van der Waals surface area contributed by atoms with Crippen molar-refractivity contribution in [3.05, 3.63) is 64.7 Å². The first kappa shape index (κ1) is 20.7. The number of amides is 1. The highest BCUT2D eigenvalue weighted by atomic mass is 35.5. The van der Waals surface area contributed by atoms with Crippen LogP contribution in [-0.4, -0.2) is 31.7 Å². The van der Waals surface area contributed by atoms with Gasteiger partial charge in [0, 0.05) is 29.9 Å². The second-order valence-electron chi connectivity index (χ2n) is 6.66. The Morgan fingerprint density at radius 1 is 1.18 bits per heavy atom. The largest absolute Gasteiger partial charge is 0.326 e. The van der Waals surface area contributed by atoms with Crippen LogP contribution in [0.5, 0.6) is 0 Å². The van der Waals surface area contributed by atoms with E-state index in [4.69, 9.17) is 11.6 Å². The Balaban J connectivity index is 1.68. The molecule has 1 N–H and O–H groups in total. The molecule has 0 radical (unpaired) electrons. The molecule has 3 rings (SSSR count). The molecule has 0 bridgehead atoms. The molecule has 1 fully saturated rings. The number of piperidine rings is 1. The van der Waals surface area contributed by atoms with Crippen molar-refractivity contribution < 1.29 is 22.0 Å². The van der Waals surface area contributed by atoms with Crippen molar-refractivity contribution in [1.29, 1.82) is 0 Å². The third kappa shape index (κ3) is 4.87. The van der Waals surface area contributed by atoms with E-state index in [1.807, 2.05) is 0 Å². The van der Waals surface area contributed by atoms with Gasteiger partial charge in [0.1, 0.15) is 0 Å². The second-order valence-corrected chi connectivity index (χ2v) is 9.04. The third-order valence-electron chi connectivity index (χ3n) is 4.63. The lowest BCUT2D eigenvalue weighted by atomic mass is 9.98. The molecular weight excluding hydrogens is 410 g/mol. The fourth-order valence-corrected chi connectivity index (χ4v) is 5.05. The van der Waals surface area contributed by atoms with Crippen LogP contribution in [0, 0.1) is 17.6 Å². The summed E-state index contributed by atoms with van der Waals surface area (Å²) in [7, 11) is -3.65. The zero-order valence-corrected chi connectivity index (χ0v) is 16.4. The molecule has 150 valence electrons. The van der Waals surface area contributed by atoms with Gasteiger partial charge in [-0.1, -0.05) is 29.8 Å². The molecule has 1 heterocycles. The summed E-state index contributed by atoms with van der Waals surface area (Å²) >= 11 is 6.06. The van der Waals surface area contributed by atoms with Crippen molar-refractivity contribution in [3.8, 4) is 0 Å². The van der Waals surface area contributed by atoms with Gasteiger partial charge in [-0.25, -0.2) is 21.5 Å². The van der Waals surface area contributed by atoms with Crippen molar-refractivity contribution in [2.45, 2.75) is 18.6 Å². The van der Waals surface area contributed by atoms with Gasteiger partial charge in [0.05, 0.1) is 11.7 Å². The van der Waals surface area contributed by atoms with Crippen LogP contribution in [0.25, 0.3) is 0 Å². The molecule has 28 heavy (non-hydrogen) atoms. The molecule has 1 amide bonds. The number of rotatable bonds is 5. The molecule has 2 aromatic carbocycles. The van der Waals surface area contributed by atoms with E-state index in [9.17, 15) is 22.0 Å². The van der Waals surface area contributed by atoms with Crippen molar-refractivity contribution in [3.63, 3.8) is 0 Å². The number of carbonyl (C=O) groups excluding carboxylic acids is 1. The molecule has 1 saturated heterocycles. The van der Waals surface area contributed by atoms with E-state index in [1.165, 1.54) is 10.4 Å². The summed E-state index contributed by atoms with van der Waals surface area (Å²) in [6.45, 7) is 0.351. The van der Waals surface area contributed by atoms with Gasteiger partial charge in [0.25, 0.3) is 0 Å². The van der Waals surface area contributed by atoms with Crippen molar-refractivity contribution in [2.24, 2.45) is 5.92 Å². The van der Waals surface area contributed by atoms with Crippen LogP contribution in [-0.2, 0) is 20.6 Å². The number of hydrogen-bond donors (Lipinski definition) is 1. The van der Waals surface area contributed by atoms with Gasteiger partial charge in [-0.3, -0.25) is 4.79 Å². The maximum atomic E-state index is 13.3. The number of hydrogen-bond acceptors (Lipinski definition) is 3. The van der Waals surface area contributed by atoms with Gasteiger partial charge in [-0.15, -0.1) is 0 Å². The van der Waals surface area contributed by atoms with Crippen LogP contribution in [0.1, 0.15) is 18.4 Å². The minimum absolute atomic E-state index is 0.0301. The first-order chi connectivity index (χ1) is 13.3. The summed E-state index contributed by atoms with van der Waals surface area (Å²) in [5.74, 6) is -3.33. The lowest BCUT2D eigenvalue weighted by molar-refractivity contribution is -0.120. The van der Waals surface area contributed by atoms with E-state index in [0.29, 0.717) is 30.0 Å². The Bertz CT molecular complexity index is 985. The summed E-state index contributed by atoms with van der Waals surface area (Å²) in [6.07, 6.45) is 1.03. The number of sulfonamides is 1. The average molecular weight is 429 g/mol. The molecule has 1 atom stereocenters. The van der Waals surface area contributed by atoms with E-state index in [0.717, 1.165) is 12.1 Å². The van der Waals surface area contributed by atoms with Crippen molar-refractivity contribution in [1.82, 2.24) is 4.31 Å². The topological polar surface area (TPSA) is 66.5 Å². The second kappa shape index (κ2) is 8.55. The molecule has 0 aliphatic carbocycles. The Morgan fingerprint density at radius 2 is 1.93 bits per heavy atom. The number of halogens is 3. The van der Waals surface area contributed by atoms with Crippen molar-refractivity contribution in [2.75, 3.05) is 18.4 Å². The highest BCUT2D eigenvalue weighted by molar-refractivity contribution is 7.88. The molecule has 0 aromatic heterocycles. The molecule has 1 unspecified atom stereocenters. The normalized spacial score (nSPS) is 18.0. The van der Waals surface area contributed by atoms with Gasteiger partial charge in [0.2, 0.25) is 15.9 Å². The van der Waals surface area contributed by atoms with Crippen LogP contribution >= 0.6 is 11.6 Å². The quantitative estimate of drug-likeness (QED) is 0.787. The monoisotopic (exact) mass is 428 g/mol. The van der Waals surface area contributed by atoms with Gasteiger partial charge < -0.3 is 5.32 Å². The molecule has 0 saturated carbocycles. The summed E-state index contributed by atoms with van der Waals surface area (Å²) in [6, 6.07) is 9.78. The SMILES string of the molecule is O=C(Nc1ccc(F)c(F)c1)C1CCCN(S(=O)(=O)Cc2ccccc2Cl)C1. The van der Waals surface area contributed by atoms with Gasteiger partial charge in [-0.2, -0.15) is 0 Å². The molecular formula is C19H19ClF2N2O3S. The summed E-state index contributed by atoms with van der Waals surface area (Å²) in [4.78, 5) is 12.5. The smallest absolute Gasteiger partial charge is 0.228 e. The fraction of sp³-hybridized carbons (Fsp3) is 0.316. The first-order valence-electron chi connectivity index (χ1n) is 8.73. The van der Waals surface area contributed by atoms with Crippen LogP contribution in [0.2, 0.25) is 5.02 Å². The maximum Gasteiger partial charge on any atom is 0.228 e. The highest BCUT2D eigenvalue weighted by Gasteiger charge is 2.32. The summed E-state index contributed by atoms with van der Waals surface area (Å²) in [5.41, 5.74) is 0.623. The van der Waals surface area contributed by atoms with E-state index in [2.05, 4.69) is 5.32 Å². The number of anilines is 1. The van der Waals surface area contributed by atoms with Crippen LogP contribution in [0.4, 0.5) is 14.5 Å². The predicted octanol–water partition coefficient (Wildman–Crippen LogP) is 3.80. The standard InChI is InChI=1S/C19H19ClF2N2O3S/c20-16-6-2-1-4-14(16)12-28(26,27)24-9-3-5-13(11-24)19(25)23-15-7-8-17(21)18(22)10-15/h1-2,4,6-8,10,13H,3,5,9,11-12H2,(H,23,25). The van der Waals surface area contributed by atoms with Crippen LogP contribution < -0.4 is 5.32 Å². The van der Waals surface area contributed by atoms with Gasteiger partial charge in [-0.05, 0) is 36.6 Å². The maximum absolute atomic E-state index is 13.3. The van der Waals surface area contributed by atoms with Gasteiger partial charge in [0.15, 0.2) is 11.6 Å². The Labute approximate surface area is 167 Å². The van der Waals surface area contributed by atoms with Crippen molar-refractivity contribution >= 4 is 33.2 Å². The Kier molecular flexibility index (Phi) is 6.32. The highest BCUT2D eigenvalue weighted by Crippen LogP contribution is 2.25. The number of nitrogens with zero attached hydrogens (tertiary/aromatic N) is 1. The lowest BCUT2D eigenvalue weighted by Gasteiger charge is -2.31. The minimum atomic E-state index is -3.65. The number of nitrogens with one attached hydrogen (secondary N) is 1. The molecule has 1 aliphatic heterocycles. The molecule has 9 heteroatoms. The summed E-state index contributed by atoms with van der Waals surface area (Å²) in [5, 5.41) is 2.89. The molecule has 2 aromatic rings. The molecule has 1 aliphatic rings. The summed E-state index contributed by atoms with van der Waals surface area (Å²) < 4.78 is 53.1.